The molecule has 0 bridgehead atoms. The van der Waals surface area contributed by atoms with Gasteiger partial charge in [0.2, 0.25) is 0 Å². The molecule has 0 amide bonds. The smallest absolute Gasteiger partial charge is 0.331 e. The van der Waals surface area contributed by atoms with Crippen molar-refractivity contribution in [3.05, 3.63) is 23.3 Å². The van der Waals surface area contributed by atoms with Gasteiger partial charge in [0.15, 0.2) is 5.78 Å². The van der Waals surface area contributed by atoms with Crippen LogP contribution >= 0.6 is 0 Å². The zero-order chi connectivity index (χ0) is 25.3. The Kier molecular flexibility index (Phi) is 6.10. The second-order valence-electron chi connectivity index (χ2n) is 13.4. The van der Waals surface area contributed by atoms with Crippen molar-refractivity contribution < 1.29 is 19.5 Å². The van der Waals surface area contributed by atoms with Crippen molar-refractivity contribution in [2.24, 2.45) is 45.3 Å². The van der Waals surface area contributed by atoms with E-state index in [1.165, 1.54) is 19.4 Å². The lowest BCUT2D eigenvalue weighted by Crippen LogP contribution is -2.57. The minimum absolute atomic E-state index is 0.0698. The summed E-state index contributed by atoms with van der Waals surface area (Å²) in [6.07, 6.45) is 11.6. The van der Waals surface area contributed by atoms with E-state index < -0.39 is 5.97 Å². The predicted octanol–water partition coefficient (Wildman–Crippen LogP) is 6.79. The molecule has 4 heteroatoms. The lowest BCUT2D eigenvalue weighted by molar-refractivity contribution is -0.146. The van der Waals surface area contributed by atoms with Crippen LogP contribution in [0.5, 0.6) is 0 Å². The lowest BCUT2D eigenvalue weighted by Gasteiger charge is -2.63. The number of ketones is 2. The summed E-state index contributed by atoms with van der Waals surface area (Å²) in [5, 5.41) is 9.12. The summed E-state index contributed by atoms with van der Waals surface area (Å²) in [7, 11) is 0. The number of aliphatic carboxylic acids is 1. The highest BCUT2D eigenvalue weighted by molar-refractivity contribution is 5.98. The molecular weight excluding hydrogens is 424 g/mol. The molecule has 0 radical (unpaired) electrons. The van der Waals surface area contributed by atoms with E-state index in [0.29, 0.717) is 36.4 Å². The van der Waals surface area contributed by atoms with Gasteiger partial charge in [-0.2, -0.15) is 0 Å². The molecule has 0 aromatic heterocycles. The molecule has 4 rings (SSSR count). The van der Waals surface area contributed by atoms with E-state index in [1.807, 2.05) is 0 Å². The fourth-order valence-electron chi connectivity index (χ4n) is 9.29. The summed E-state index contributed by atoms with van der Waals surface area (Å²) in [5.41, 5.74) is 1.97. The first-order valence-electron chi connectivity index (χ1n) is 13.4. The van der Waals surface area contributed by atoms with E-state index in [2.05, 4.69) is 47.6 Å². The van der Waals surface area contributed by atoms with Gasteiger partial charge < -0.3 is 5.11 Å². The first-order chi connectivity index (χ1) is 15.7. The minimum atomic E-state index is -1.02. The Balaban J connectivity index is 1.61. The van der Waals surface area contributed by atoms with Crippen LogP contribution in [0.3, 0.4) is 0 Å². The third kappa shape index (κ3) is 3.49. The molecule has 3 fully saturated rings. The molecule has 4 aliphatic rings. The van der Waals surface area contributed by atoms with Crippen molar-refractivity contribution in [3.8, 4) is 0 Å². The second-order valence-corrected chi connectivity index (χ2v) is 13.4. The quantitative estimate of drug-likeness (QED) is 0.356. The van der Waals surface area contributed by atoms with Crippen LogP contribution in [-0.4, -0.2) is 22.6 Å². The van der Waals surface area contributed by atoms with E-state index in [-0.39, 0.29) is 38.9 Å². The average Bonchev–Trinajstić information content (AvgIpc) is 3.02. The number of rotatable bonds is 5. The highest BCUT2D eigenvalue weighted by Crippen LogP contribution is 2.73. The fourth-order valence-corrected chi connectivity index (χ4v) is 9.29. The average molecular weight is 469 g/mol. The van der Waals surface area contributed by atoms with Gasteiger partial charge >= 0.3 is 5.97 Å². The number of carboxylic acid groups (broad SMARTS) is 1. The maximum Gasteiger partial charge on any atom is 0.331 e. The molecule has 0 heterocycles. The molecule has 0 unspecified atom stereocenters. The van der Waals surface area contributed by atoms with Crippen molar-refractivity contribution in [1.82, 2.24) is 0 Å². The molecule has 34 heavy (non-hydrogen) atoms. The van der Waals surface area contributed by atoms with Gasteiger partial charge in [0.1, 0.15) is 5.78 Å². The van der Waals surface area contributed by atoms with Gasteiger partial charge in [-0.1, -0.05) is 53.2 Å². The maximum atomic E-state index is 12.8. The summed E-state index contributed by atoms with van der Waals surface area (Å²) >= 11 is 0. The Morgan fingerprint density at radius 1 is 1.12 bits per heavy atom. The monoisotopic (exact) mass is 468 g/mol. The Hall–Kier alpha value is -1.71. The zero-order valence-corrected chi connectivity index (χ0v) is 22.3. The Labute approximate surface area is 205 Å². The molecule has 3 saturated carbocycles. The molecule has 0 aliphatic heterocycles. The molecule has 0 aromatic carbocycles. The van der Waals surface area contributed by atoms with Crippen LogP contribution in [0.1, 0.15) is 99.8 Å². The van der Waals surface area contributed by atoms with Crippen LogP contribution in [0.2, 0.25) is 0 Å². The van der Waals surface area contributed by atoms with Gasteiger partial charge in [-0.3, -0.25) is 9.59 Å². The predicted molar refractivity (Wildman–Crippen MR) is 134 cm³/mol. The number of carboxylic acids is 1. The van der Waals surface area contributed by atoms with E-state index >= 15 is 0 Å². The van der Waals surface area contributed by atoms with E-state index in [1.54, 1.807) is 5.57 Å². The zero-order valence-electron chi connectivity index (χ0n) is 22.3. The van der Waals surface area contributed by atoms with Crippen molar-refractivity contribution in [3.63, 3.8) is 0 Å². The van der Waals surface area contributed by atoms with Crippen molar-refractivity contribution >= 4 is 17.5 Å². The van der Waals surface area contributed by atoms with Gasteiger partial charge in [0, 0.05) is 23.8 Å². The summed E-state index contributed by atoms with van der Waals surface area (Å²) in [4.78, 5) is 36.5. The normalized spacial score (nSPS) is 42.2. The van der Waals surface area contributed by atoms with Gasteiger partial charge in [-0.15, -0.1) is 0 Å². The molecule has 4 aliphatic carbocycles. The molecule has 0 aromatic rings. The lowest BCUT2D eigenvalue weighted by atomic mass is 9.41. The van der Waals surface area contributed by atoms with E-state index in [9.17, 15) is 14.4 Å². The molecule has 188 valence electrons. The number of hydrogen-bond donors (Lipinski definition) is 1. The van der Waals surface area contributed by atoms with Crippen LogP contribution in [0, 0.1) is 45.3 Å². The van der Waals surface area contributed by atoms with Crippen molar-refractivity contribution in [2.75, 3.05) is 0 Å². The summed E-state index contributed by atoms with van der Waals surface area (Å²) in [5.74, 6) is 0.993. The van der Waals surface area contributed by atoms with Crippen molar-refractivity contribution in [2.45, 2.75) is 99.8 Å². The van der Waals surface area contributed by atoms with Crippen molar-refractivity contribution in [1.29, 1.82) is 0 Å². The Morgan fingerprint density at radius 2 is 1.79 bits per heavy atom. The van der Waals surface area contributed by atoms with Crippen LogP contribution in [0.25, 0.3) is 0 Å². The van der Waals surface area contributed by atoms with Crippen LogP contribution in [-0.2, 0) is 14.4 Å². The first-order valence-corrected chi connectivity index (χ1v) is 13.4. The highest BCUT2D eigenvalue weighted by Gasteiger charge is 2.65. The third-order valence-electron chi connectivity index (χ3n) is 11.6. The maximum absolute atomic E-state index is 12.8. The fraction of sp³-hybridized carbons (Fsp3) is 0.767. The Morgan fingerprint density at radius 3 is 2.44 bits per heavy atom. The number of carbonyl (C=O) groups excluding carboxylic acids is 2. The molecule has 4 nitrogen and oxygen atoms in total. The highest BCUT2D eigenvalue weighted by atomic mass is 16.4. The third-order valence-corrected chi connectivity index (χ3v) is 11.6. The number of allylic oxidation sites excluding steroid dienone is 3. The van der Waals surface area contributed by atoms with Gasteiger partial charge in [0.25, 0.3) is 0 Å². The Bertz CT molecular complexity index is 970. The number of Topliss-reactive ketones (excluding diaryl/α,β-unsaturated/α-hetero) is 1. The van der Waals surface area contributed by atoms with Gasteiger partial charge in [0.05, 0.1) is 0 Å². The number of fused-ring (bicyclic) bond motifs is 5. The minimum Gasteiger partial charge on any atom is -0.478 e. The second kappa shape index (κ2) is 8.17. The first kappa shape index (κ1) is 25.4. The van der Waals surface area contributed by atoms with Gasteiger partial charge in [-0.05, 0) is 91.4 Å². The van der Waals surface area contributed by atoms with E-state index in [4.69, 9.17) is 5.11 Å². The number of hydrogen-bond acceptors (Lipinski definition) is 3. The SMILES string of the molecule is C/C(=C\C(=O)C[C@H](C)[C@@H]1CC[C@]2(C)C3=CC[C@@H]4C(C)(C)C(=O)CC[C@@]4(C)[C@H]3CC[C@@]12C)C(=O)O. The molecule has 1 N–H and O–H groups in total. The largest absolute Gasteiger partial charge is 0.478 e. The standard InChI is InChI=1S/C30H44O4/c1-18(16-20(31)17-19(2)26(33)34)21-10-14-30(7)23-8-9-24-27(3,4)25(32)12-13-28(24,5)22(23)11-15-29(21,30)6/h8,17-18,21-22,24H,9-16H2,1-7H3,(H,33,34)/b19-17+/t18-,21-,22-,24+,28-,29-,30+/m0/s1. The van der Waals surface area contributed by atoms with Crippen LogP contribution in [0.15, 0.2) is 23.3 Å². The summed E-state index contributed by atoms with van der Waals surface area (Å²) < 4.78 is 0. The molecule has 0 spiro atoms. The molecule has 7 atom stereocenters. The summed E-state index contributed by atoms with van der Waals surface area (Å²) in [6.45, 7) is 15.5. The molecular formula is C30H44O4. The number of carbonyl (C=O) groups is 3. The van der Waals surface area contributed by atoms with Crippen LogP contribution < -0.4 is 0 Å². The van der Waals surface area contributed by atoms with E-state index in [0.717, 1.165) is 32.1 Å². The summed E-state index contributed by atoms with van der Waals surface area (Å²) in [6, 6.07) is 0. The van der Waals surface area contributed by atoms with Crippen LogP contribution in [0.4, 0.5) is 0 Å². The molecule has 0 saturated heterocycles. The van der Waals surface area contributed by atoms with Gasteiger partial charge in [-0.25, -0.2) is 4.79 Å². The topological polar surface area (TPSA) is 71.4 Å².